The van der Waals surface area contributed by atoms with Gasteiger partial charge >= 0.3 is 0 Å². The molecule has 28 heavy (non-hydrogen) atoms. The molecular formula is C24H26N2O2. The standard InChI is InChI=1S/C24H26N2O2/c1-16-10-11-18(15-28-20-13-25-14-20)12-23(16)24(27)26-17(2)21-9-5-7-19-6-3-4-8-22(19)21/h3-12,17,20,25H,13-15H2,1-2H3,(H,26,27)/t17-/m1/s1. The first-order valence-corrected chi connectivity index (χ1v) is 9.82. The molecule has 0 aromatic heterocycles. The molecule has 2 N–H and O–H groups in total. The normalized spacial score (nSPS) is 15.2. The Hall–Kier alpha value is -2.69. The number of rotatable bonds is 6. The van der Waals surface area contributed by atoms with Crippen LogP contribution in [0.5, 0.6) is 0 Å². The molecule has 4 nitrogen and oxygen atoms in total. The Kier molecular flexibility index (Phi) is 5.42. The highest BCUT2D eigenvalue weighted by molar-refractivity contribution is 5.96. The lowest BCUT2D eigenvalue weighted by Gasteiger charge is -2.27. The number of amides is 1. The van der Waals surface area contributed by atoms with E-state index in [1.54, 1.807) is 0 Å². The van der Waals surface area contributed by atoms with Gasteiger partial charge in [-0.3, -0.25) is 4.79 Å². The maximum atomic E-state index is 13.0. The summed E-state index contributed by atoms with van der Waals surface area (Å²) >= 11 is 0. The second-order valence-corrected chi connectivity index (χ2v) is 7.50. The fraction of sp³-hybridized carbons (Fsp3) is 0.292. The summed E-state index contributed by atoms with van der Waals surface area (Å²) in [5, 5.41) is 8.72. The molecule has 1 aliphatic rings. The molecule has 1 heterocycles. The summed E-state index contributed by atoms with van der Waals surface area (Å²) in [5.74, 6) is -0.0508. The van der Waals surface area contributed by atoms with Crippen LogP contribution in [0.15, 0.2) is 60.7 Å². The van der Waals surface area contributed by atoms with Gasteiger partial charge in [0.05, 0.1) is 18.8 Å². The Labute approximate surface area is 165 Å². The van der Waals surface area contributed by atoms with Gasteiger partial charge in [-0.05, 0) is 47.4 Å². The topological polar surface area (TPSA) is 50.4 Å². The second kappa shape index (κ2) is 8.13. The average molecular weight is 374 g/mol. The number of carbonyl (C=O) groups is 1. The van der Waals surface area contributed by atoms with Gasteiger partial charge in [0.2, 0.25) is 0 Å². The van der Waals surface area contributed by atoms with Gasteiger partial charge in [-0.25, -0.2) is 0 Å². The molecule has 0 radical (unpaired) electrons. The molecule has 3 aromatic rings. The van der Waals surface area contributed by atoms with E-state index in [9.17, 15) is 4.79 Å². The van der Waals surface area contributed by atoms with Crippen LogP contribution in [-0.2, 0) is 11.3 Å². The SMILES string of the molecule is Cc1ccc(COC2CNC2)cc1C(=O)N[C@H](C)c1cccc2ccccc12. The minimum absolute atomic E-state index is 0.0508. The van der Waals surface area contributed by atoms with Crippen molar-refractivity contribution in [2.45, 2.75) is 32.6 Å². The number of hydrogen-bond donors (Lipinski definition) is 2. The van der Waals surface area contributed by atoms with Gasteiger partial charge in [0, 0.05) is 18.7 Å². The fourth-order valence-electron chi connectivity index (χ4n) is 3.58. The summed E-state index contributed by atoms with van der Waals surface area (Å²) in [6.45, 7) is 6.35. The summed E-state index contributed by atoms with van der Waals surface area (Å²) in [4.78, 5) is 13.0. The fourth-order valence-corrected chi connectivity index (χ4v) is 3.58. The van der Waals surface area contributed by atoms with Crippen molar-refractivity contribution in [1.29, 1.82) is 0 Å². The number of benzene rings is 3. The average Bonchev–Trinajstić information content (AvgIpc) is 2.67. The van der Waals surface area contributed by atoms with E-state index >= 15 is 0 Å². The summed E-state index contributed by atoms with van der Waals surface area (Å²) in [6.07, 6.45) is 0.282. The van der Waals surface area contributed by atoms with E-state index in [4.69, 9.17) is 4.74 Å². The van der Waals surface area contributed by atoms with Crippen molar-refractivity contribution < 1.29 is 9.53 Å². The predicted molar refractivity (Wildman–Crippen MR) is 112 cm³/mol. The number of fused-ring (bicyclic) bond motifs is 1. The first-order chi connectivity index (χ1) is 13.6. The minimum atomic E-state index is -0.0843. The van der Waals surface area contributed by atoms with Crippen molar-refractivity contribution in [2.24, 2.45) is 0 Å². The molecule has 1 aliphatic heterocycles. The number of aryl methyl sites for hydroxylation is 1. The molecule has 4 heteroatoms. The van der Waals surface area contributed by atoms with E-state index < -0.39 is 0 Å². The van der Waals surface area contributed by atoms with Crippen LogP contribution >= 0.6 is 0 Å². The van der Waals surface area contributed by atoms with Crippen molar-refractivity contribution >= 4 is 16.7 Å². The van der Waals surface area contributed by atoms with Gasteiger partial charge in [0.25, 0.3) is 5.91 Å². The number of carbonyl (C=O) groups excluding carboxylic acids is 1. The largest absolute Gasteiger partial charge is 0.371 e. The molecule has 1 fully saturated rings. The molecule has 0 bridgehead atoms. The van der Waals surface area contributed by atoms with E-state index in [1.807, 2.05) is 50.2 Å². The summed E-state index contributed by atoms with van der Waals surface area (Å²) in [7, 11) is 0. The van der Waals surface area contributed by atoms with Crippen LogP contribution in [0.25, 0.3) is 10.8 Å². The molecule has 3 aromatic carbocycles. The Morgan fingerprint density at radius 1 is 1.14 bits per heavy atom. The third-order valence-electron chi connectivity index (χ3n) is 5.41. The Bertz CT molecular complexity index is 990. The van der Waals surface area contributed by atoms with E-state index in [1.165, 1.54) is 10.8 Å². The Morgan fingerprint density at radius 3 is 2.71 bits per heavy atom. The lowest BCUT2D eigenvalue weighted by Crippen LogP contribution is -2.48. The monoisotopic (exact) mass is 374 g/mol. The lowest BCUT2D eigenvalue weighted by molar-refractivity contribution is 0.00756. The van der Waals surface area contributed by atoms with Crippen molar-refractivity contribution in [1.82, 2.24) is 10.6 Å². The van der Waals surface area contributed by atoms with E-state index in [0.29, 0.717) is 12.2 Å². The highest BCUT2D eigenvalue weighted by Crippen LogP contribution is 2.24. The van der Waals surface area contributed by atoms with Crippen LogP contribution in [0, 0.1) is 6.92 Å². The highest BCUT2D eigenvalue weighted by Gasteiger charge is 2.18. The number of hydrogen-bond acceptors (Lipinski definition) is 3. The zero-order valence-corrected chi connectivity index (χ0v) is 16.4. The maximum Gasteiger partial charge on any atom is 0.252 e. The van der Waals surface area contributed by atoms with Crippen molar-refractivity contribution in [3.8, 4) is 0 Å². The van der Waals surface area contributed by atoms with Gasteiger partial charge < -0.3 is 15.4 Å². The molecular weight excluding hydrogens is 348 g/mol. The molecule has 1 atom stereocenters. The van der Waals surface area contributed by atoms with Gasteiger partial charge in [-0.2, -0.15) is 0 Å². The van der Waals surface area contributed by atoms with Crippen LogP contribution in [0.2, 0.25) is 0 Å². The third kappa shape index (κ3) is 3.93. The van der Waals surface area contributed by atoms with E-state index in [-0.39, 0.29) is 18.1 Å². The lowest BCUT2D eigenvalue weighted by atomic mass is 9.99. The Morgan fingerprint density at radius 2 is 1.93 bits per heavy atom. The second-order valence-electron chi connectivity index (χ2n) is 7.50. The molecule has 4 rings (SSSR count). The quantitative estimate of drug-likeness (QED) is 0.682. The summed E-state index contributed by atoms with van der Waals surface area (Å²) in [5.41, 5.74) is 3.83. The van der Waals surface area contributed by atoms with Crippen LogP contribution in [-0.4, -0.2) is 25.1 Å². The molecule has 0 aliphatic carbocycles. The molecule has 144 valence electrons. The molecule has 1 amide bonds. The third-order valence-corrected chi connectivity index (χ3v) is 5.41. The number of ether oxygens (including phenoxy) is 1. The molecule has 0 unspecified atom stereocenters. The zero-order valence-electron chi connectivity index (χ0n) is 16.4. The van der Waals surface area contributed by atoms with Crippen molar-refractivity contribution in [3.63, 3.8) is 0 Å². The first kappa shape index (κ1) is 18.7. The highest BCUT2D eigenvalue weighted by atomic mass is 16.5. The molecule has 0 saturated carbocycles. The van der Waals surface area contributed by atoms with Crippen LogP contribution < -0.4 is 10.6 Å². The Balaban J connectivity index is 1.50. The van der Waals surface area contributed by atoms with Gasteiger partial charge in [0.1, 0.15) is 0 Å². The minimum Gasteiger partial charge on any atom is -0.371 e. The van der Waals surface area contributed by atoms with Crippen molar-refractivity contribution in [2.75, 3.05) is 13.1 Å². The molecule has 0 spiro atoms. The van der Waals surface area contributed by atoms with Crippen molar-refractivity contribution in [3.05, 3.63) is 82.9 Å². The number of nitrogens with one attached hydrogen (secondary N) is 2. The first-order valence-electron chi connectivity index (χ1n) is 9.82. The van der Waals surface area contributed by atoms with Gasteiger partial charge in [-0.1, -0.05) is 54.6 Å². The van der Waals surface area contributed by atoms with Crippen LogP contribution in [0.4, 0.5) is 0 Å². The van der Waals surface area contributed by atoms with Crippen LogP contribution in [0.3, 0.4) is 0 Å². The summed E-state index contributed by atoms with van der Waals surface area (Å²) in [6, 6.07) is 20.4. The van der Waals surface area contributed by atoms with E-state index in [0.717, 1.165) is 29.8 Å². The zero-order chi connectivity index (χ0) is 19.5. The van der Waals surface area contributed by atoms with Gasteiger partial charge in [-0.15, -0.1) is 0 Å². The van der Waals surface area contributed by atoms with Gasteiger partial charge in [0.15, 0.2) is 0 Å². The van der Waals surface area contributed by atoms with E-state index in [2.05, 4.69) is 34.9 Å². The maximum absolute atomic E-state index is 13.0. The predicted octanol–water partition coefficient (Wildman–Crippen LogP) is 4.13. The molecule has 1 saturated heterocycles. The van der Waals surface area contributed by atoms with Crippen LogP contribution in [0.1, 0.15) is 40.0 Å². The smallest absolute Gasteiger partial charge is 0.252 e. The summed E-state index contributed by atoms with van der Waals surface area (Å²) < 4.78 is 5.84.